The van der Waals surface area contributed by atoms with Crippen LogP contribution < -0.4 is 5.32 Å². The first-order chi connectivity index (χ1) is 9.19. The smallest absolute Gasteiger partial charge is 0.183 e. The summed E-state index contributed by atoms with van der Waals surface area (Å²) >= 11 is 0. The van der Waals surface area contributed by atoms with Crippen LogP contribution in [0.1, 0.15) is 12.8 Å². The Labute approximate surface area is 113 Å². The number of sulfone groups is 1. The molecule has 1 aliphatic rings. The van der Waals surface area contributed by atoms with E-state index in [2.05, 4.69) is 5.32 Å². The molecular formula is C15H16NO2S. The first kappa shape index (κ1) is 12.6. The van der Waals surface area contributed by atoms with E-state index >= 15 is 0 Å². The van der Waals surface area contributed by atoms with Crippen molar-refractivity contribution in [3.05, 3.63) is 49.0 Å². The summed E-state index contributed by atoms with van der Waals surface area (Å²) in [6, 6.07) is 13.1. The van der Waals surface area contributed by atoms with Gasteiger partial charge in [0.25, 0.3) is 0 Å². The number of hydrogen-bond acceptors (Lipinski definition) is 3. The molecule has 99 valence electrons. The van der Waals surface area contributed by atoms with Gasteiger partial charge in [-0.3, -0.25) is 0 Å². The average Bonchev–Trinajstić information content (AvgIpc) is 2.47. The summed E-state index contributed by atoms with van der Waals surface area (Å²) in [7, 11) is -3.31. The fraction of sp³-hybridized carbons (Fsp3) is 0.267. The summed E-state index contributed by atoms with van der Waals surface area (Å²) in [5.41, 5.74) is 0. The van der Waals surface area contributed by atoms with Gasteiger partial charge in [-0.1, -0.05) is 36.4 Å². The number of rotatable bonds is 2. The Kier molecular flexibility index (Phi) is 3.29. The summed E-state index contributed by atoms with van der Waals surface area (Å²) in [4.78, 5) is 0.440. The first-order valence-corrected chi connectivity index (χ1v) is 8.02. The van der Waals surface area contributed by atoms with Gasteiger partial charge in [-0.15, -0.1) is 0 Å². The standard InChI is InChI=1S/C15H16NO2S/c17-19(18,13-7-4-10-16-11-13)15-9-3-6-12-5-1-2-8-14(12)15/h1-3,5-6,8-9,11,13,16H,4,7,10H2. The van der Waals surface area contributed by atoms with Crippen molar-refractivity contribution < 1.29 is 8.42 Å². The van der Waals surface area contributed by atoms with Gasteiger partial charge in [0.2, 0.25) is 0 Å². The van der Waals surface area contributed by atoms with E-state index in [9.17, 15) is 8.42 Å². The molecule has 1 unspecified atom stereocenters. The van der Waals surface area contributed by atoms with Crippen molar-refractivity contribution in [1.29, 1.82) is 0 Å². The average molecular weight is 274 g/mol. The molecule has 0 aliphatic carbocycles. The number of hydrogen-bond donors (Lipinski definition) is 1. The summed E-state index contributed by atoms with van der Waals surface area (Å²) in [6.45, 7) is 2.59. The van der Waals surface area contributed by atoms with E-state index in [-0.39, 0.29) is 0 Å². The fourth-order valence-corrected chi connectivity index (χ4v) is 4.39. The Morgan fingerprint density at radius 1 is 1.05 bits per heavy atom. The molecule has 0 aromatic heterocycles. The largest absolute Gasteiger partial charge is 0.311 e. The number of nitrogens with one attached hydrogen (secondary N) is 1. The van der Waals surface area contributed by atoms with E-state index in [4.69, 9.17) is 0 Å². The zero-order valence-electron chi connectivity index (χ0n) is 10.5. The molecule has 1 fully saturated rings. The molecule has 0 amide bonds. The zero-order chi connectivity index (χ0) is 13.3. The van der Waals surface area contributed by atoms with Gasteiger partial charge in [-0.2, -0.15) is 0 Å². The third-order valence-corrected chi connectivity index (χ3v) is 5.71. The lowest BCUT2D eigenvalue weighted by molar-refractivity contribution is 0.538. The molecular weight excluding hydrogens is 258 g/mol. The Balaban J connectivity index is 2.12. The van der Waals surface area contributed by atoms with Crippen molar-refractivity contribution in [3.8, 4) is 0 Å². The van der Waals surface area contributed by atoms with Crippen molar-refractivity contribution in [2.75, 3.05) is 6.54 Å². The van der Waals surface area contributed by atoms with Crippen LogP contribution >= 0.6 is 0 Å². The lowest BCUT2D eigenvalue weighted by Crippen LogP contribution is -2.34. The molecule has 2 aromatic rings. The molecule has 2 aromatic carbocycles. The quantitative estimate of drug-likeness (QED) is 0.915. The van der Waals surface area contributed by atoms with E-state index < -0.39 is 15.1 Å². The minimum atomic E-state index is -3.31. The highest BCUT2D eigenvalue weighted by atomic mass is 32.2. The van der Waals surface area contributed by atoms with Crippen LogP contribution in [0.3, 0.4) is 0 Å². The van der Waals surface area contributed by atoms with Gasteiger partial charge in [-0.05, 0) is 30.8 Å². The van der Waals surface area contributed by atoms with E-state index in [0.29, 0.717) is 11.3 Å². The predicted octanol–water partition coefficient (Wildman–Crippen LogP) is 2.53. The highest BCUT2D eigenvalue weighted by Gasteiger charge is 2.30. The Morgan fingerprint density at radius 3 is 2.63 bits per heavy atom. The van der Waals surface area contributed by atoms with E-state index in [0.717, 1.165) is 23.7 Å². The maximum Gasteiger partial charge on any atom is 0.183 e. The third kappa shape index (κ3) is 2.26. The number of piperidine rings is 1. The van der Waals surface area contributed by atoms with E-state index in [1.165, 1.54) is 0 Å². The predicted molar refractivity (Wildman–Crippen MR) is 76.5 cm³/mol. The molecule has 4 heteroatoms. The van der Waals surface area contributed by atoms with Gasteiger partial charge in [-0.25, -0.2) is 8.42 Å². The second kappa shape index (κ2) is 4.94. The molecule has 3 nitrogen and oxygen atoms in total. The summed E-state index contributed by atoms with van der Waals surface area (Å²) < 4.78 is 25.5. The molecule has 19 heavy (non-hydrogen) atoms. The van der Waals surface area contributed by atoms with Crippen LogP contribution in [0.5, 0.6) is 0 Å². The van der Waals surface area contributed by atoms with Gasteiger partial charge in [0.1, 0.15) is 0 Å². The van der Waals surface area contributed by atoms with Gasteiger partial charge >= 0.3 is 0 Å². The number of benzene rings is 2. The molecule has 1 saturated heterocycles. The Morgan fingerprint density at radius 2 is 1.84 bits per heavy atom. The fourth-order valence-electron chi connectivity index (χ4n) is 2.56. The molecule has 0 spiro atoms. The molecule has 0 saturated carbocycles. The molecule has 3 rings (SSSR count). The molecule has 1 atom stereocenters. The lowest BCUT2D eigenvalue weighted by atomic mass is 10.1. The maximum atomic E-state index is 12.7. The van der Waals surface area contributed by atoms with Crippen molar-refractivity contribution >= 4 is 20.6 Å². The van der Waals surface area contributed by atoms with Crippen molar-refractivity contribution in [3.63, 3.8) is 0 Å². The molecule has 1 heterocycles. The van der Waals surface area contributed by atoms with E-state index in [1.807, 2.05) is 36.4 Å². The zero-order valence-corrected chi connectivity index (χ0v) is 11.4. The Hall–Kier alpha value is -1.39. The minimum absolute atomic E-state index is 0.424. The highest BCUT2D eigenvalue weighted by Crippen LogP contribution is 2.28. The second-order valence-corrected chi connectivity index (χ2v) is 6.96. The summed E-state index contributed by atoms with van der Waals surface area (Å²) in [6.07, 6.45) is 1.59. The Bertz CT molecular complexity index is 683. The van der Waals surface area contributed by atoms with Crippen LogP contribution in [0, 0.1) is 6.54 Å². The second-order valence-electron chi connectivity index (χ2n) is 4.82. The topological polar surface area (TPSA) is 46.2 Å². The van der Waals surface area contributed by atoms with Crippen LogP contribution in [0.25, 0.3) is 10.8 Å². The normalized spacial score (nSPS) is 20.5. The summed E-state index contributed by atoms with van der Waals surface area (Å²) in [5, 5.41) is 4.40. The van der Waals surface area contributed by atoms with Crippen LogP contribution in [-0.2, 0) is 9.84 Å². The third-order valence-electron chi connectivity index (χ3n) is 3.57. The van der Waals surface area contributed by atoms with Gasteiger partial charge in [0, 0.05) is 11.9 Å². The van der Waals surface area contributed by atoms with Gasteiger partial charge in [0.15, 0.2) is 9.84 Å². The van der Waals surface area contributed by atoms with Gasteiger partial charge in [0.05, 0.1) is 10.1 Å². The maximum absolute atomic E-state index is 12.7. The van der Waals surface area contributed by atoms with Crippen LogP contribution in [0.2, 0.25) is 0 Å². The molecule has 1 aliphatic heterocycles. The van der Waals surface area contributed by atoms with Crippen LogP contribution in [-0.4, -0.2) is 20.2 Å². The van der Waals surface area contributed by atoms with Crippen molar-refractivity contribution in [1.82, 2.24) is 5.32 Å². The van der Waals surface area contributed by atoms with Gasteiger partial charge < -0.3 is 5.32 Å². The number of fused-ring (bicyclic) bond motifs is 1. The SMILES string of the molecule is O=S(=O)(c1cccc2ccccc12)C1[CH]NCCC1. The van der Waals surface area contributed by atoms with Crippen LogP contribution in [0.15, 0.2) is 47.4 Å². The van der Waals surface area contributed by atoms with E-state index in [1.54, 1.807) is 12.6 Å². The molecule has 0 bridgehead atoms. The summed E-state index contributed by atoms with van der Waals surface area (Å²) in [5.74, 6) is 0. The van der Waals surface area contributed by atoms with Crippen molar-refractivity contribution in [2.24, 2.45) is 0 Å². The monoisotopic (exact) mass is 274 g/mol. The molecule has 1 radical (unpaired) electrons. The van der Waals surface area contributed by atoms with Crippen LogP contribution in [0.4, 0.5) is 0 Å². The molecule has 1 N–H and O–H groups in total. The van der Waals surface area contributed by atoms with Crippen molar-refractivity contribution in [2.45, 2.75) is 23.0 Å². The highest BCUT2D eigenvalue weighted by molar-refractivity contribution is 7.92. The first-order valence-electron chi connectivity index (χ1n) is 6.48. The minimum Gasteiger partial charge on any atom is -0.311 e. The lowest BCUT2D eigenvalue weighted by Gasteiger charge is -2.23.